The van der Waals surface area contributed by atoms with Crippen LogP contribution in [0.5, 0.6) is 0 Å². The first-order chi connectivity index (χ1) is 6.30. The largest absolute Gasteiger partial charge is 0.444 e. The molecule has 0 aromatic heterocycles. The number of ether oxygens (including phenoxy) is 1. The minimum Gasteiger partial charge on any atom is -0.444 e. The molecule has 1 saturated carbocycles. The van der Waals surface area contributed by atoms with Gasteiger partial charge in [-0.1, -0.05) is 0 Å². The Morgan fingerprint density at radius 3 is 2.64 bits per heavy atom. The maximum atomic E-state index is 11.6. The number of likely N-dealkylation sites (tertiary alicyclic amines) is 1. The van der Waals surface area contributed by atoms with Crippen LogP contribution < -0.4 is 0 Å². The predicted molar refractivity (Wildman–Crippen MR) is 57.6 cm³/mol. The monoisotopic (exact) mass is 215 g/mol. The molecule has 0 spiro atoms. The van der Waals surface area contributed by atoms with E-state index >= 15 is 0 Å². The number of carbonyl (C=O) groups excluding carboxylic acids is 1. The van der Waals surface area contributed by atoms with Crippen molar-refractivity contribution in [2.24, 2.45) is 5.92 Å². The summed E-state index contributed by atoms with van der Waals surface area (Å²) >= 11 is 4.54. The summed E-state index contributed by atoms with van der Waals surface area (Å²) in [5, 5.41) is 0. The third kappa shape index (κ3) is 1.85. The molecule has 0 aromatic rings. The molecule has 4 heteroatoms. The highest BCUT2D eigenvalue weighted by Crippen LogP contribution is 2.54. The molecule has 1 aliphatic heterocycles. The average Bonchev–Trinajstić information content (AvgIpc) is 2.47. The second-order valence-corrected chi connectivity index (χ2v) is 6.26. The zero-order chi connectivity index (χ0) is 10.6. The first kappa shape index (κ1) is 10.1. The summed E-state index contributed by atoms with van der Waals surface area (Å²) in [4.78, 5) is 13.4. The quantitative estimate of drug-likeness (QED) is 0.626. The Morgan fingerprint density at radius 2 is 2.21 bits per heavy atom. The van der Waals surface area contributed by atoms with Gasteiger partial charge in [-0.2, -0.15) is 12.6 Å². The number of piperidine rings is 1. The fourth-order valence-corrected chi connectivity index (χ4v) is 2.40. The van der Waals surface area contributed by atoms with Crippen LogP contribution in [0.3, 0.4) is 0 Å². The lowest BCUT2D eigenvalue weighted by molar-refractivity contribution is 0.0276. The summed E-state index contributed by atoms with van der Waals surface area (Å²) < 4.78 is 5.40. The van der Waals surface area contributed by atoms with Gasteiger partial charge in [0.25, 0.3) is 0 Å². The molecule has 2 unspecified atom stereocenters. The van der Waals surface area contributed by atoms with E-state index < -0.39 is 5.60 Å². The Bertz CT molecular complexity index is 274. The highest BCUT2D eigenvalue weighted by Gasteiger charge is 2.59. The van der Waals surface area contributed by atoms with E-state index in [0.29, 0.717) is 5.92 Å². The van der Waals surface area contributed by atoms with Crippen molar-refractivity contribution >= 4 is 18.7 Å². The van der Waals surface area contributed by atoms with Gasteiger partial charge in [0.2, 0.25) is 0 Å². The highest BCUT2D eigenvalue weighted by atomic mass is 32.1. The van der Waals surface area contributed by atoms with Crippen LogP contribution in [0.1, 0.15) is 27.2 Å². The van der Waals surface area contributed by atoms with Crippen LogP contribution in [0.15, 0.2) is 0 Å². The summed E-state index contributed by atoms with van der Waals surface area (Å²) in [5.41, 5.74) is -0.395. The van der Waals surface area contributed by atoms with E-state index in [1.54, 1.807) is 4.90 Å². The molecule has 2 atom stereocenters. The van der Waals surface area contributed by atoms with Crippen LogP contribution in [0, 0.1) is 5.92 Å². The van der Waals surface area contributed by atoms with Crippen molar-refractivity contribution in [3.05, 3.63) is 0 Å². The minimum atomic E-state index is -0.395. The standard InChI is InChI=1S/C10H17NO2S/c1-9(2,3)13-8(12)11-5-7-4-10(7,14)6-11/h7,14H,4-6H2,1-3H3. The summed E-state index contributed by atoms with van der Waals surface area (Å²) in [7, 11) is 0. The molecule has 1 aliphatic carbocycles. The maximum absolute atomic E-state index is 11.6. The van der Waals surface area contributed by atoms with Gasteiger partial charge in [0.1, 0.15) is 5.60 Å². The van der Waals surface area contributed by atoms with E-state index in [1.807, 2.05) is 20.8 Å². The molecule has 2 fully saturated rings. The third-order valence-corrected chi connectivity index (χ3v) is 3.45. The molecule has 14 heavy (non-hydrogen) atoms. The van der Waals surface area contributed by atoms with Crippen molar-refractivity contribution in [1.29, 1.82) is 0 Å². The number of hydrogen-bond acceptors (Lipinski definition) is 3. The smallest absolute Gasteiger partial charge is 0.410 e. The first-order valence-electron chi connectivity index (χ1n) is 5.00. The van der Waals surface area contributed by atoms with E-state index in [4.69, 9.17) is 4.74 Å². The number of hydrogen-bond donors (Lipinski definition) is 1. The molecule has 80 valence electrons. The second kappa shape index (κ2) is 2.81. The van der Waals surface area contributed by atoms with Gasteiger partial charge < -0.3 is 9.64 Å². The lowest BCUT2D eigenvalue weighted by Crippen LogP contribution is -2.37. The van der Waals surface area contributed by atoms with Crippen LogP contribution in [-0.4, -0.2) is 34.4 Å². The van der Waals surface area contributed by atoms with E-state index in [-0.39, 0.29) is 10.8 Å². The summed E-state index contributed by atoms with van der Waals surface area (Å²) in [5.74, 6) is 0.596. The van der Waals surface area contributed by atoms with Crippen molar-refractivity contribution < 1.29 is 9.53 Å². The number of thiol groups is 1. The van der Waals surface area contributed by atoms with Crippen molar-refractivity contribution in [1.82, 2.24) is 4.90 Å². The number of amides is 1. The lowest BCUT2D eigenvalue weighted by Gasteiger charge is -2.25. The van der Waals surface area contributed by atoms with E-state index in [0.717, 1.165) is 19.5 Å². The molecule has 1 saturated heterocycles. The van der Waals surface area contributed by atoms with Crippen LogP contribution in [0.25, 0.3) is 0 Å². The Hall–Kier alpha value is -0.380. The lowest BCUT2D eigenvalue weighted by atomic mass is 10.2. The molecular formula is C10H17NO2S. The second-order valence-electron chi connectivity index (χ2n) is 5.37. The molecule has 0 radical (unpaired) electrons. The first-order valence-corrected chi connectivity index (χ1v) is 5.45. The molecule has 0 aromatic carbocycles. The molecule has 2 rings (SSSR count). The van der Waals surface area contributed by atoms with Gasteiger partial charge in [-0.3, -0.25) is 0 Å². The Kier molecular flexibility index (Phi) is 2.04. The number of nitrogens with zero attached hydrogens (tertiary/aromatic N) is 1. The predicted octanol–water partition coefficient (Wildman–Crippen LogP) is 1.93. The van der Waals surface area contributed by atoms with Gasteiger partial charge in [-0.25, -0.2) is 4.79 Å². The number of carbonyl (C=O) groups is 1. The number of rotatable bonds is 0. The molecule has 0 bridgehead atoms. The van der Waals surface area contributed by atoms with Gasteiger partial charge in [-0.15, -0.1) is 0 Å². The topological polar surface area (TPSA) is 29.5 Å². The highest BCUT2D eigenvalue weighted by molar-refractivity contribution is 7.82. The summed E-state index contributed by atoms with van der Waals surface area (Å²) in [6.45, 7) is 7.22. The van der Waals surface area contributed by atoms with Crippen molar-refractivity contribution in [2.75, 3.05) is 13.1 Å². The van der Waals surface area contributed by atoms with E-state index in [1.165, 1.54) is 0 Å². The summed E-state index contributed by atoms with van der Waals surface area (Å²) in [6.07, 6.45) is 0.952. The van der Waals surface area contributed by atoms with Crippen LogP contribution in [0.2, 0.25) is 0 Å². The Labute approximate surface area is 90.2 Å². The average molecular weight is 215 g/mol. The van der Waals surface area contributed by atoms with Crippen molar-refractivity contribution in [3.63, 3.8) is 0 Å². The zero-order valence-electron chi connectivity index (χ0n) is 8.91. The van der Waals surface area contributed by atoms with Crippen LogP contribution >= 0.6 is 12.6 Å². The van der Waals surface area contributed by atoms with Crippen molar-refractivity contribution in [3.8, 4) is 0 Å². The molecular weight excluding hydrogens is 198 g/mol. The molecule has 3 nitrogen and oxygen atoms in total. The molecule has 1 heterocycles. The zero-order valence-corrected chi connectivity index (χ0v) is 9.80. The van der Waals surface area contributed by atoms with Gasteiger partial charge in [-0.05, 0) is 33.1 Å². The van der Waals surface area contributed by atoms with Gasteiger partial charge >= 0.3 is 6.09 Å². The third-order valence-electron chi connectivity index (χ3n) is 2.76. The van der Waals surface area contributed by atoms with E-state index in [2.05, 4.69) is 12.6 Å². The van der Waals surface area contributed by atoms with Crippen LogP contribution in [0.4, 0.5) is 4.79 Å². The summed E-state index contributed by atoms with van der Waals surface area (Å²) in [6, 6.07) is 0. The Balaban J connectivity index is 1.89. The maximum Gasteiger partial charge on any atom is 0.410 e. The SMILES string of the molecule is CC(C)(C)OC(=O)N1CC2CC2(S)C1. The van der Waals surface area contributed by atoms with Gasteiger partial charge in [0, 0.05) is 17.8 Å². The molecule has 0 N–H and O–H groups in total. The molecule has 1 amide bonds. The van der Waals surface area contributed by atoms with E-state index in [9.17, 15) is 4.79 Å². The fraction of sp³-hybridized carbons (Fsp3) is 0.900. The van der Waals surface area contributed by atoms with Crippen molar-refractivity contribution in [2.45, 2.75) is 37.5 Å². The Morgan fingerprint density at radius 1 is 1.57 bits per heavy atom. The van der Waals surface area contributed by atoms with Gasteiger partial charge in [0.15, 0.2) is 0 Å². The molecule has 2 aliphatic rings. The normalized spacial score (nSPS) is 35.4. The minimum absolute atomic E-state index is 0.108. The van der Waals surface area contributed by atoms with Gasteiger partial charge in [0.05, 0.1) is 0 Å². The number of fused-ring (bicyclic) bond motifs is 1. The fourth-order valence-electron chi connectivity index (χ4n) is 1.92. The van der Waals surface area contributed by atoms with Crippen LogP contribution in [-0.2, 0) is 4.74 Å².